The Morgan fingerprint density at radius 2 is 2.17 bits per heavy atom. The number of rotatable bonds is 4. The summed E-state index contributed by atoms with van der Waals surface area (Å²) in [5, 5.41) is 9.42. The fourth-order valence-corrected chi connectivity index (χ4v) is 1.52. The molecule has 0 aromatic rings. The summed E-state index contributed by atoms with van der Waals surface area (Å²) in [6, 6.07) is 0. The van der Waals surface area contributed by atoms with Gasteiger partial charge in [0.25, 0.3) is 0 Å². The summed E-state index contributed by atoms with van der Waals surface area (Å²) in [5.41, 5.74) is -0.0201. The number of hydrogen-bond acceptors (Lipinski definition) is 2. The lowest BCUT2D eigenvalue weighted by Crippen LogP contribution is -2.54. The van der Waals surface area contributed by atoms with Crippen molar-refractivity contribution in [2.24, 2.45) is 5.41 Å². The van der Waals surface area contributed by atoms with Crippen LogP contribution in [0.5, 0.6) is 0 Å². The molecule has 2 atom stereocenters. The van der Waals surface area contributed by atoms with Gasteiger partial charge in [0.05, 0.1) is 12.2 Å². The SMILES string of the molecule is CCCCO[C@H]1C[C@@H](O)C1(C)C. The van der Waals surface area contributed by atoms with Gasteiger partial charge in [0.2, 0.25) is 0 Å². The molecule has 1 saturated carbocycles. The molecule has 1 aliphatic carbocycles. The van der Waals surface area contributed by atoms with Gasteiger partial charge in [-0.25, -0.2) is 0 Å². The molecule has 0 saturated heterocycles. The second kappa shape index (κ2) is 3.75. The van der Waals surface area contributed by atoms with E-state index in [9.17, 15) is 5.11 Å². The third-order valence-electron chi connectivity index (χ3n) is 2.94. The van der Waals surface area contributed by atoms with Gasteiger partial charge in [0, 0.05) is 18.4 Å². The van der Waals surface area contributed by atoms with Crippen molar-refractivity contribution in [1.29, 1.82) is 0 Å². The van der Waals surface area contributed by atoms with Gasteiger partial charge < -0.3 is 9.84 Å². The highest BCUT2D eigenvalue weighted by molar-refractivity contribution is 4.98. The van der Waals surface area contributed by atoms with Gasteiger partial charge in [-0.15, -0.1) is 0 Å². The van der Waals surface area contributed by atoms with E-state index in [-0.39, 0.29) is 17.6 Å². The maximum Gasteiger partial charge on any atom is 0.0675 e. The molecule has 0 aliphatic heterocycles. The molecule has 0 heterocycles. The zero-order valence-electron chi connectivity index (χ0n) is 8.34. The van der Waals surface area contributed by atoms with Gasteiger partial charge in [-0.2, -0.15) is 0 Å². The molecule has 1 N–H and O–H groups in total. The van der Waals surface area contributed by atoms with Crippen LogP contribution in [0.25, 0.3) is 0 Å². The molecule has 0 amide bonds. The minimum Gasteiger partial charge on any atom is -0.392 e. The minimum atomic E-state index is -0.163. The lowest BCUT2D eigenvalue weighted by Gasteiger charge is -2.48. The smallest absolute Gasteiger partial charge is 0.0675 e. The van der Waals surface area contributed by atoms with Gasteiger partial charge in [0.15, 0.2) is 0 Å². The Labute approximate surface area is 74.9 Å². The summed E-state index contributed by atoms with van der Waals surface area (Å²) in [5.74, 6) is 0. The quantitative estimate of drug-likeness (QED) is 0.657. The molecule has 2 nitrogen and oxygen atoms in total. The van der Waals surface area contributed by atoms with E-state index in [1.165, 1.54) is 6.42 Å². The molecule has 0 bridgehead atoms. The minimum absolute atomic E-state index is 0.0201. The van der Waals surface area contributed by atoms with Crippen LogP contribution in [0.1, 0.15) is 40.0 Å². The first-order valence-corrected chi connectivity index (χ1v) is 4.88. The van der Waals surface area contributed by atoms with E-state index in [0.717, 1.165) is 19.4 Å². The van der Waals surface area contributed by atoms with Crippen molar-refractivity contribution < 1.29 is 9.84 Å². The predicted octanol–water partition coefficient (Wildman–Crippen LogP) is 1.96. The summed E-state index contributed by atoms with van der Waals surface area (Å²) < 4.78 is 5.64. The van der Waals surface area contributed by atoms with Crippen LogP contribution < -0.4 is 0 Å². The summed E-state index contributed by atoms with van der Waals surface area (Å²) in [7, 11) is 0. The number of aliphatic hydroxyl groups is 1. The van der Waals surface area contributed by atoms with Gasteiger partial charge in [-0.05, 0) is 6.42 Å². The van der Waals surface area contributed by atoms with Crippen molar-refractivity contribution >= 4 is 0 Å². The zero-order valence-corrected chi connectivity index (χ0v) is 8.34. The first kappa shape index (κ1) is 10.0. The summed E-state index contributed by atoms with van der Waals surface area (Å²) in [4.78, 5) is 0. The van der Waals surface area contributed by atoms with E-state index in [0.29, 0.717) is 0 Å². The van der Waals surface area contributed by atoms with Gasteiger partial charge in [-0.3, -0.25) is 0 Å². The Bertz CT molecular complexity index is 143. The van der Waals surface area contributed by atoms with Crippen LogP contribution in [0, 0.1) is 5.41 Å². The first-order valence-electron chi connectivity index (χ1n) is 4.88. The molecule has 0 unspecified atom stereocenters. The van der Waals surface area contributed by atoms with Crippen LogP contribution in [-0.2, 0) is 4.74 Å². The van der Waals surface area contributed by atoms with Crippen molar-refractivity contribution in [3.05, 3.63) is 0 Å². The predicted molar refractivity (Wildman–Crippen MR) is 49.1 cm³/mol. The molecule has 0 aromatic carbocycles. The summed E-state index contributed by atoms with van der Waals surface area (Å²) in [6.07, 6.45) is 3.23. The van der Waals surface area contributed by atoms with Crippen LogP contribution in [0.15, 0.2) is 0 Å². The largest absolute Gasteiger partial charge is 0.392 e. The van der Waals surface area contributed by atoms with E-state index in [2.05, 4.69) is 20.8 Å². The molecule has 2 heteroatoms. The van der Waals surface area contributed by atoms with E-state index < -0.39 is 0 Å². The molecule has 0 spiro atoms. The Kier molecular flexibility index (Phi) is 3.13. The Hall–Kier alpha value is -0.0800. The zero-order chi connectivity index (χ0) is 9.19. The van der Waals surface area contributed by atoms with E-state index >= 15 is 0 Å². The van der Waals surface area contributed by atoms with Crippen molar-refractivity contribution in [2.75, 3.05) is 6.61 Å². The highest BCUT2D eigenvalue weighted by atomic mass is 16.5. The van der Waals surface area contributed by atoms with Gasteiger partial charge in [-0.1, -0.05) is 27.2 Å². The van der Waals surface area contributed by atoms with Gasteiger partial charge >= 0.3 is 0 Å². The average molecular weight is 172 g/mol. The van der Waals surface area contributed by atoms with E-state index in [1.54, 1.807) is 0 Å². The molecule has 0 aromatic heterocycles. The number of hydrogen-bond donors (Lipinski definition) is 1. The second-order valence-electron chi connectivity index (χ2n) is 4.29. The normalized spacial score (nSPS) is 33.0. The van der Waals surface area contributed by atoms with E-state index in [1.807, 2.05) is 0 Å². The molecule has 1 fully saturated rings. The lowest BCUT2D eigenvalue weighted by atomic mass is 9.66. The molecule has 1 rings (SSSR count). The molecule has 12 heavy (non-hydrogen) atoms. The van der Waals surface area contributed by atoms with Crippen molar-refractivity contribution in [1.82, 2.24) is 0 Å². The fraction of sp³-hybridized carbons (Fsp3) is 1.00. The van der Waals surface area contributed by atoms with Crippen molar-refractivity contribution in [2.45, 2.75) is 52.2 Å². The molecular formula is C10H20O2. The maximum atomic E-state index is 9.42. The fourth-order valence-electron chi connectivity index (χ4n) is 1.52. The topological polar surface area (TPSA) is 29.5 Å². The van der Waals surface area contributed by atoms with Crippen LogP contribution >= 0.6 is 0 Å². The highest BCUT2D eigenvalue weighted by Crippen LogP contribution is 2.42. The van der Waals surface area contributed by atoms with Crippen LogP contribution in [0.2, 0.25) is 0 Å². The monoisotopic (exact) mass is 172 g/mol. The van der Waals surface area contributed by atoms with Crippen molar-refractivity contribution in [3.8, 4) is 0 Å². The Morgan fingerprint density at radius 1 is 1.50 bits per heavy atom. The highest BCUT2D eigenvalue weighted by Gasteiger charge is 2.47. The number of ether oxygens (including phenoxy) is 1. The second-order valence-corrected chi connectivity index (χ2v) is 4.29. The van der Waals surface area contributed by atoms with Crippen LogP contribution in [0.3, 0.4) is 0 Å². The van der Waals surface area contributed by atoms with E-state index in [4.69, 9.17) is 4.74 Å². The molecule has 72 valence electrons. The summed E-state index contributed by atoms with van der Waals surface area (Å²) >= 11 is 0. The maximum absolute atomic E-state index is 9.42. The first-order chi connectivity index (χ1) is 5.59. The third-order valence-corrected chi connectivity index (χ3v) is 2.94. The average Bonchev–Trinajstić information content (AvgIpc) is 2.04. The van der Waals surface area contributed by atoms with Crippen LogP contribution in [-0.4, -0.2) is 23.9 Å². The lowest BCUT2D eigenvalue weighted by molar-refractivity contribution is -0.175. The Morgan fingerprint density at radius 3 is 2.58 bits per heavy atom. The summed E-state index contributed by atoms with van der Waals surface area (Å²) in [6.45, 7) is 7.14. The molecule has 0 radical (unpaired) electrons. The Balaban J connectivity index is 2.19. The number of aliphatic hydroxyl groups excluding tert-OH is 1. The third kappa shape index (κ3) is 1.80. The molecular weight excluding hydrogens is 152 g/mol. The van der Waals surface area contributed by atoms with Crippen LogP contribution in [0.4, 0.5) is 0 Å². The number of unbranched alkanes of at least 4 members (excludes halogenated alkanes) is 1. The van der Waals surface area contributed by atoms with Gasteiger partial charge in [0.1, 0.15) is 0 Å². The van der Waals surface area contributed by atoms with Crippen molar-refractivity contribution in [3.63, 3.8) is 0 Å². The standard InChI is InChI=1S/C10H20O2/c1-4-5-6-12-9-7-8(11)10(9,2)3/h8-9,11H,4-7H2,1-3H3/t8-,9+/m1/s1. The molecule has 1 aliphatic rings.